The molecule has 1 rings (SSSR count). The molecule has 0 saturated heterocycles. The quantitative estimate of drug-likeness (QED) is 0.789. The predicted molar refractivity (Wildman–Crippen MR) is 53.7 cm³/mol. The molecule has 0 aliphatic rings. The zero-order chi connectivity index (χ0) is 13.3. The van der Waals surface area contributed by atoms with Crippen LogP contribution in [0.15, 0.2) is 24.3 Å². The second kappa shape index (κ2) is 4.33. The Morgan fingerprint density at radius 2 is 1.71 bits per heavy atom. The highest BCUT2D eigenvalue weighted by Gasteiger charge is 2.53. The van der Waals surface area contributed by atoms with Gasteiger partial charge in [-0.1, -0.05) is 0 Å². The summed E-state index contributed by atoms with van der Waals surface area (Å²) in [7, 11) is 0. The molecule has 1 amide bonds. The van der Waals surface area contributed by atoms with Gasteiger partial charge in [0.1, 0.15) is 5.82 Å². The minimum absolute atomic E-state index is 0.0392. The van der Waals surface area contributed by atoms with Crippen molar-refractivity contribution in [1.29, 1.82) is 0 Å². The first-order valence-corrected chi connectivity index (χ1v) is 4.57. The molecule has 1 atom stereocenters. The standard InChI is InChI=1S/C10H10F4N2O/c1-9(15,10(12,13)14)8(17)16-7-4-2-6(11)3-5-7/h2-5H,15H2,1H3,(H,16,17). The number of anilines is 1. The summed E-state index contributed by atoms with van der Waals surface area (Å²) < 4.78 is 49.7. The second-order valence-electron chi connectivity index (χ2n) is 3.66. The lowest BCUT2D eigenvalue weighted by Crippen LogP contribution is -2.59. The van der Waals surface area contributed by atoms with Gasteiger partial charge in [0.2, 0.25) is 0 Å². The molecule has 3 nitrogen and oxygen atoms in total. The summed E-state index contributed by atoms with van der Waals surface area (Å²) in [6.07, 6.45) is -4.86. The van der Waals surface area contributed by atoms with E-state index in [0.717, 1.165) is 24.3 Å². The number of alkyl halides is 3. The molecule has 0 aliphatic carbocycles. The van der Waals surface area contributed by atoms with Gasteiger partial charge in [0.25, 0.3) is 5.91 Å². The number of hydrogen-bond acceptors (Lipinski definition) is 2. The van der Waals surface area contributed by atoms with Crippen molar-refractivity contribution in [1.82, 2.24) is 0 Å². The maximum absolute atomic E-state index is 12.5. The lowest BCUT2D eigenvalue weighted by molar-refractivity contribution is -0.184. The molecule has 0 bridgehead atoms. The van der Waals surface area contributed by atoms with Crippen molar-refractivity contribution in [2.24, 2.45) is 5.73 Å². The summed E-state index contributed by atoms with van der Waals surface area (Å²) >= 11 is 0. The number of nitrogens with two attached hydrogens (primary N) is 1. The van der Waals surface area contributed by atoms with Gasteiger partial charge in [-0.15, -0.1) is 0 Å². The van der Waals surface area contributed by atoms with Crippen LogP contribution in [0.1, 0.15) is 6.92 Å². The average Bonchev–Trinajstić information content (AvgIpc) is 2.19. The van der Waals surface area contributed by atoms with E-state index >= 15 is 0 Å². The van der Waals surface area contributed by atoms with Crippen LogP contribution in [0.2, 0.25) is 0 Å². The van der Waals surface area contributed by atoms with Gasteiger partial charge in [0.15, 0.2) is 5.54 Å². The topological polar surface area (TPSA) is 55.1 Å². The fourth-order valence-corrected chi connectivity index (χ4v) is 0.923. The van der Waals surface area contributed by atoms with Crippen LogP contribution < -0.4 is 11.1 Å². The third kappa shape index (κ3) is 2.94. The predicted octanol–water partition coefficient (Wildman–Crippen LogP) is 2.04. The first kappa shape index (κ1) is 13.4. The smallest absolute Gasteiger partial charge is 0.324 e. The maximum atomic E-state index is 12.5. The summed E-state index contributed by atoms with van der Waals surface area (Å²) in [6, 6.07) is 4.30. The summed E-state index contributed by atoms with van der Waals surface area (Å²) in [4.78, 5) is 11.3. The van der Waals surface area contributed by atoms with E-state index in [1.165, 1.54) is 0 Å². The molecular formula is C10H10F4N2O. The van der Waals surface area contributed by atoms with Gasteiger partial charge in [0.05, 0.1) is 0 Å². The largest absolute Gasteiger partial charge is 0.415 e. The minimum Gasteiger partial charge on any atom is -0.324 e. The van der Waals surface area contributed by atoms with E-state index in [-0.39, 0.29) is 5.69 Å². The Bertz CT molecular complexity index is 411. The number of hydrogen-bond donors (Lipinski definition) is 2. The molecule has 1 unspecified atom stereocenters. The summed E-state index contributed by atoms with van der Waals surface area (Å²) in [5.41, 5.74) is 1.94. The Hall–Kier alpha value is -1.63. The van der Waals surface area contributed by atoms with Crippen molar-refractivity contribution in [2.45, 2.75) is 18.6 Å². The van der Waals surface area contributed by atoms with Crippen LogP contribution in [0.5, 0.6) is 0 Å². The molecule has 0 radical (unpaired) electrons. The van der Waals surface area contributed by atoms with Gasteiger partial charge >= 0.3 is 6.18 Å². The highest BCUT2D eigenvalue weighted by molar-refractivity contribution is 5.98. The van der Waals surface area contributed by atoms with Gasteiger partial charge in [-0.25, -0.2) is 4.39 Å². The van der Waals surface area contributed by atoms with Crippen molar-refractivity contribution >= 4 is 11.6 Å². The van der Waals surface area contributed by atoms with Crippen LogP contribution in [0.3, 0.4) is 0 Å². The fourth-order valence-electron chi connectivity index (χ4n) is 0.923. The molecule has 3 N–H and O–H groups in total. The van der Waals surface area contributed by atoms with Crippen molar-refractivity contribution < 1.29 is 22.4 Å². The van der Waals surface area contributed by atoms with Crippen molar-refractivity contribution in [3.63, 3.8) is 0 Å². The number of carbonyl (C=O) groups excluding carboxylic acids is 1. The van der Waals surface area contributed by atoms with E-state index in [1.54, 1.807) is 0 Å². The number of rotatable bonds is 2. The Kier molecular flexibility index (Phi) is 3.42. The minimum atomic E-state index is -4.86. The van der Waals surface area contributed by atoms with Crippen LogP contribution in [-0.2, 0) is 4.79 Å². The third-order valence-corrected chi connectivity index (χ3v) is 2.16. The first-order chi connectivity index (χ1) is 7.64. The Labute approximate surface area is 94.6 Å². The van der Waals surface area contributed by atoms with E-state index < -0.39 is 23.4 Å². The highest BCUT2D eigenvalue weighted by atomic mass is 19.4. The van der Waals surface area contributed by atoms with Gasteiger partial charge in [-0.3, -0.25) is 4.79 Å². The van der Waals surface area contributed by atoms with Gasteiger partial charge in [-0.05, 0) is 31.2 Å². The monoisotopic (exact) mass is 250 g/mol. The molecule has 0 heterocycles. The van der Waals surface area contributed by atoms with Crippen molar-refractivity contribution in [2.75, 3.05) is 5.32 Å². The van der Waals surface area contributed by atoms with Gasteiger partial charge in [-0.2, -0.15) is 13.2 Å². The summed E-state index contributed by atoms with van der Waals surface area (Å²) in [5.74, 6) is -1.97. The summed E-state index contributed by atoms with van der Waals surface area (Å²) in [6.45, 7) is 0.561. The third-order valence-electron chi connectivity index (χ3n) is 2.16. The normalized spacial score (nSPS) is 15.2. The van der Waals surface area contributed by atoms with E-state index in [0.29, 0.717) is 6.92 Å². The molecule has 0 fully saturated rings. The molecule has 7 heteroatoms. The van der Waals surface area contributed by atoms with Gasteiger partial charge < -0.3 is 11.1 Å². The number of amides is 1. The van der Waals surface area contributed by atoms with Crippen LogP contribution in [0.25, 0.3) is 0 Å². The van der Waals surface area contributed by atoms with E-state index in [4.69, 9.17) is 5.73 Å². The lowest BCUT2D eigenvalue weighted by Gasteiger charge is -2.26. The van der Waals surface area contributed by atoms with Crippen LogP contribution in [0.4, 0.5) is 23.2 Å². The second-order valence-corrected chi connectivity index (χ2v) is 3.66. The molecular weight excluding hydrogens is 240 g/mol. The van der Waals surface area contributed by atoms with E-state index in [1.807, 2.05) is 5.32 Å². The zero-order valence-electron chi connectivity index (χ0n) is 8.81. The molecule has 0 spiro atoms. The Morgan fingerprint density at radius 1 is 1.24 bits per heavy atom. The maximum Gasteiger partial charge on any atom is 0.415 e. The average molecular weight is 250 g/mol. The molecule has 1 aromatic carbocycles. The number of benzene rings is 1. The van der Waals surface area contributed by atoms with Crippen molar-refractivity contribution in [3.8, 4) is 0 Å². The van der Waals surface area contributed by atoms with Gasteiger partial charge in [0, 0.05) is 5.69 Å². The molecule has 1 aromatic rings. The number of carbonyl (C=O) groups is 1. The first-order valence-electron chi connectivity index (χ1n) is 4.57. The Morgan fingerprint density at radius 3 is 2.12 bits per heavy atom. The molecule has 0 aromatic heterocycles. The molecule has 0 aliphatic heterocycles. The molecule has 94 valence electrons. The zero-order valence-corrected chi connectivity index (χ0v) is 8.81. The van der Waals surface area contributed by atoms with Crippen LogP contribution in [0, 0.1) is 5.82 Å². The lowest BCUT2D eigenvalue weighted by atomic mass is 10.0. The Balaban J connectivity index is 2.83. The van der Waals surface area contributed by atoms with Crippen molar-refractivity contribution in [3.05, 3.63) is 30.1 Å². The molecule has 0 saturated carbocycles. The van der Waals surface area contributed by atoms with E-state index in [2.05, 4.69) is 0 Å². The molecule has 17 heavy (non-hydrogen) atoms. The SMILES string of the molecule is CC(N)(C(=O)Nc1ccc(F)cc1)C(F)(F)F. The fraction of sp³-hybridized carbons (Fsp3) is 0.300. The highest BCUT2D eigenvalue weighted by Crippen LogP contribution is 2.28. The summed E-state index contributed by atoms with van der Waals surface area (Å²) in [5, 5.41) is 1.97. The van der Waals surface area contributed by atoms with Crippen LogP contribution >= 0.6 is 0 Å². The van der Waals surface area contributed by atoms with E-state index in [9.17, 15) is 22.4 Å². The van der Waals surface area contributed by atoms with Crippen LogP contribution in [-0.4, -0.2) is 17.6 Å². The number of nitrogens with one attached hydrogen (secondary N) is 1. The number of halogens is 4.